The summed E-state index contributed by atoms with van der Waals surface area (Å²) < 4.78 is 22.1. The zero-order valence-corrected chi connectivity index (χ0v) is 22.1. The molecule has 0 saturated carbocycles. The van der Waals surface area contributed by atoms with E-state index in [2.05, 4.69) is 5.32 Å². The third-order valence-corrected chi connectivity index (χ3v) is 6.92. The molecule has 4 rings (SSSR count). The molecule has 8 nitrogen and oxygen atoms in total. The number of amides is 2. The number of benzene rings is 3. The summed E-state index contributed by atoms with van der Waals surface area (Å²) in [4.78, 5) is 27.9. The van der Waals surface area contributed by atoms with Crippen LogP contribution < -0.4 is 19.5 Å². The van der Waals surface area contributed by atoms with Crippen molar-refractivity contribution in [2.24, 2.45) is 0 Å². The quantitative estimate of drug-likeness (QED) is 0.442. The van der Waals surface area contributed by atoms with E-state index in [4.69, 9.17) is 18.9 Å². The summed E-state index contributed by atoms with van der Waals surface area (Å²) in [6, 6.07) is 22.7. The normalized spacial score (nSPS) is 14.3. The lowest BCUT2D eigenvalue weighted by atomic mass is 9.84. The van der Waals surface area contributed by atoms with Gasteiger partial charge in [0.05, 0.1) is 27.8 Å². The number of likely N-dealkylation sites (tertiary alicyclic amines) is 1. The van der Waals surface area contributed by atoms with Crippen LogP contribution in [0.2, 0.25) is 0 Å². The molecular formula is C30H34N2O6. The highest BCUT2D eigenvalue weighted by Crippen LogP contribution is 2.37. The van der Waals surface area contributed by atoms with Crippen molar-refractivity contribution in [2.75, 3.05) is 34.4 Å². The van der Waals surface area contributed by atoms with Crippen molar-refractivity contribution in [3.63, 3.8) is 0 Å². The molecule has 1 fully saturated rings. The molecule has 0 bridgehead atoms. The lowest BCUT2D eigenvalue weighted by Crippen LogP contribution is -2.48. The molecule has 0 aromatic heterocycles. The van der Waals surface area contributed by atoms with E-state index >= 15 is 0 Å². The maximum absolute atomic E-state index is 13.0. The molecule has 1 aliphatic rings. The number of methoxy groups -OCH3 is 3. The van der Waals surface area contributed by atoms with Gasteiger partial charge in [-0.25, -0.2) is 4.79 Å². The highest BCUT2D eigenvalue weighted by molar-refractivity contribution is 5.79. The second kappa shape index (κ2) is 12.4. The largest absolute Gasteiger partial charge is 0.497 e. The number of carbonyl (C=O) groups excluding carboxylic acids is 2. The topological polar surface area (TPSA) is 86.3 Å². The summed E-state index contributed by atoms with van der Waals surface area (Å²) >= 11 is 0. The molecule has 0 unspecified atom stereocenters. The van der Waals surface area contributed by atoms with E-state index in [9.17, 15) is 9.59 Å². The van der Waals surface area contributed by atoms with Gasteiger partial charge in [0.1, 0.15) is 22.8 Å². The predicted octanol–water partition coefficient (Wildman–Crippen LogP) is 4.70. The van der Waals surface area contributed by atoms with Gasteiger partial charge in [-0.1, -0.05) is 42.5 Å². The molecule has 1 N–H and O–H groups in total. The molecule has 1 aliphatic heterocycles. The Morgan fingerprint density at radius 2 is 1.55 bits per heavy atom. The zero-order valence-electron chi connectivity index (χ0n) is 22.1. The van der Waals surface area contributed by atoms with Gasteiger partial charge < -0.3 is 29.2 Å². The van der Waals surface area contributed by atoms with Gasteiger partial charge in [0.2, 0.25) is 5.91 Å². The summed E-state index contributed by atoms with van der Waals surface area (Å²) in [5.41, 5.74) is 1.79. The van der Waals surface area contributed by atoms with Gasteiger partial charge in [-0.3, -0.25) is 4.79 Å². The van der Waals surface area contributed by atoms with Crippen LogP contribution in [-0.2, 0) is 28.1 Å². The maximum atomic E-state index is 13.0. The highest BCUT2D eigenvalue weighted by Gasteiger charge is 2.41. The molecule has 38 heavy (non-hydrogen) atoms. The SMILES string of the molecule is COc1cccc(CC(=O)N2CCC(OC(=O)NCc3ccc(OC)cc3OC)(c3ccccc3)CC2)c1. The molecule has 0 aliphatic carbocycles. The number of hydrogen-bond acceptors (Lipinski definition) is 6. The predicted molar refractivity (Wildman–Crippen MR) is 143 cm³/mol. The minimum Gasteiger partial charge on any atom is -0.497 e. The Balaban J connectivity index is 1.42. The van der Waals surface area contributed by atoms with Crippen LogP contribution in [0.25, 0.3) is 0 Å². The third-order valence-electron chi connectivity index (χ3n) is 6.92. The van der Waals surface area contributed by atoms with Crippen molar-refractivity contribution < 1.29 is 28.5 Å². The molecule has 2 amide bonds. The maximum Gasteiger partial charge on any atom is 0.408 e. The summed E-state index contributed by atoms with van der Waals surface area (Å²) in [6.07, 6.45) is 0.767. The number of hydrogen-bond donors (Lipinski definition) is 1. The van der Waals surface area contributed by atoms with Gasteiger partial charge in [0, 0.05) is 44.1 Å². The van der Waals surface area contributed by atoms with Gasteiger partial charge in [0.15, 0.2) is 0 Å². The van der Waals surface area contributed by atoms with Crippen LogP contribution >= 0.6 is 0 Å². The van der Waals surface area contributed by atoms with Crippen molar-refractivity contribution in [2.45, 2.75) is 31.4 Å². The molecule has 1 saturated heterocycles. The number of nitrogens with one attached hydrogen (secondary N) is 1. The van der Waals surface area contributed by atoms with Crippen molar-refractivity contribution in [3.8, 4) is 17.2 Å². The summed E-state index contributed by atoms with van der Waals surface area (Å²) in [7, 11) is 4.77. The fraction of sp³-hybridized carbons (Fsp3) is 0.333. The number of piperidine rings is 1. The van der Waals surface area contributed by atoms with Crippen LogP contribution in [0.5, 0.6) is 17.2 Å². The minimum absolute atomic E-state index is 0.0379. The average Bonchev–Trinajstić information content (AvgIpc) is 2.96. The van der Waals surface area contributed by atoms with Gasteiger partial charge in [0.25, 0.3) is 0 Å². The molecule has 0 spiro atoms. The number of alkyl carbamates (subject to hydrolysis) is 1. The Kier molecular flexibility index (Phi) is 8.73. The Labute approximate surface area is 223 Å². The Morgan fingerprint density at radius 1 is 0.842 bits per heavy atom. The monoisotopic (exact) mass is 518 g/mol. The average molecular weight is 519 g/mol. The Bertz CT molecular complexity index is 1240. The fourth-order valence-corrected chi connectivity index (χ4v) is 4.76. The van der Waals surface area contributed by atoms with Crippen LogP contribution in [0.4, 0.5) is 4.79 Å². The summed E-state index contributed by atoms with van der Waals surface area (Å²) in [5.74, 6) is 2.05. The van der Waals surface area contributed by atoms with Gasteiger partial charge in [-0.2, -0.15) is 0 Å². The van der Waals surface area contributed by atoms with E-state index in [0.717, 1.165) is 22.4 Å². The number of rotatable bonds is 9. The minimum atomic E-state index is -0.831. The van der Waals surface area contributed by atoms with Crippen LogP contribution in [0, 0.1) is 0 Å². The van der Waals surface area contributed by atoms with Gasteiger partial charge in [-0.05, 0) is 35.4 Å². The lowest BCUT2D eigenvalue weighted by molar-refractivity contribution is -0.135. The van der Waals surface area contributed by atoms with Crippen molar-refractivity contribution in [1.29, 1.82) is 0 Å². The van der Waals surface area contributed by atoms with E-state index in [1.54, 1.807) is 27.4 Å². The first-order chi connectivity index (χ1) is 18.5. The molecule has 1 heterocycles. The van der Waals surface area contributed by atoms with Crippen LogP contribution in [0.1, 0.15) is 29.5 Å². The fourth-order valence-electron chi connectivity index (χ4n) is 4.76. The number of nitrogens with zero attached hydrogens (tertiary/aromatic N) is 1. The van der Waals surface area contributed by atoms with Gasteiger partial charge in [-0.15, -0.1) is 0 Å². The van der Waals surface area contributed by atoms with E-state index in [1.807, 2.05) is 71.6 Å². The van der Waals surface area contributed by atoms with E-state index in [-0.39, 0.29) is 12.5 Å². The van der Waals surface area contributed by atoms with E-state index in [1.165, 1.54) is 0 Å². The molecule has 0 radical (unpaired) electrons. The first kappa shape index (κ1) is 26.9. The second-order valence-corrected chi connectivity index (χ2v) is 9.19. The van der Waals surface area contributed by atoms with Gasteiger partial charge >= 0.3 is 6.09 Å². The standard InChI is InChI=1S/C30H34N2O6/c1-35-25-11-7-8-22(18-25)19-28(33)32-16-14-30(15-17-32,24-9-5-4-6-10-24)38-29(34)31-21-23-12-13-26(36-2)20-27(23)37-3/h4-13,18,20H,14-17,19,21H2,1-3H3,(H,31,34). The summed E-state index contributed by atoms with van der Waals surface area (Å²) in [6.45, 7) is 1.20. The van der Waals surface area contributed by atoms with Crippen LogP contribution in [0.15, 0.2) is 72.8 Å². The zero-order chi connectivity index (χ0) is 27.0. The van der Waals surface area contributed by atoms with Crippen LogP contribution in [-0.4, -0.2) is 51.3 Å². The lowest BCUT2D eigenvalue weighted by Gasteiger charge is -2.41. The Hall–Kier alpha value is -4.20. The number of carbonyl (C=O) groups is 2. The molecule has 3 aromatic rings. The molecular weight excluding hydrogens is 484 g/mol. The molecule has 200 valence electrons. The van der Waals surface area contributed by atoms with E-state index in [0.29, 0.717) is 43.9 Å². The molecule has 8 heteroatoms. The second-order valence-electron chi connectivity index (χ2n) is 9.19. The smallest absolute Gasteiger partial charge is 0.408 e. The number of ether oxygens (including phenoxy) is 4. The van der Waals surface area contributed by atoms with Crippen molar-refractivity contribution >= 4 is 12.0 Å². The van der Waals surface area contributed by atoms with Crippen LogP contribution in [0.3, 0.4) is 0 Å². The highest BCUT2D eigenvalue weighted by atomic mass is 16.6. The van der Waals surface area contributed by atoms with Crippen molar-refractivity contribution in [1.82, 2.24) is 10.2 Å². The summed E-state index contributed by atoms with van der Waals surface area (Å²) in [5, 5.41) is 2.86. The first-order valence-corrected chi connectivity index (χ1v) is 12.6. The third kappa shape index (κ3) is 6.37. The van der Waals surface area contributed by atoms with Crippen molar-refractivity contribution in [3.05, 3.63) is 89.5 Å². The molecule has 3 aromatic carbocycles. The molecule has 0 atom stereocenters. The van der Waals surface area contributed by atoms with E-state index < -0.39 is 11.7 Å². The first-order valence-electron chi connectivity index (χ1n) is 12.6. The Morgan fingerprint density at radius 3 is 2.24 bits per heavy atom.